The first kappa shape index (κ1) is 25.7. The lowest BCUT2D eigenvalue weighted by Gasteiger charge is -2.25. The van der Waals surface area contributed by atoms with E-state index in [4.69, 9.17) is 19.0 Å². The van der Waals surface area contributed by atoms with E-state index < -0.39 is 6.10 Å². The molecule has 0 saturated carbocycles. The second kappa shape index (κ2) is 12.0. The van der Waals surface area contributed by atoms with Gasteiger partial charge in [-0.05, 0) is 64.1 Å². The zero-order valence-electron chi connectivity index (χ0n) is 21.4. The molecule has 2 aromatic heterocycles. The number of aliphatic hydroxyl groups is 1. The van der Waals surface area contributed by atoms with Crippen LogP contribution in [0.15, 0.2) is 77.4 Å². The van der Waals surface area contributed by atoms with Crippen LogP contribution in [-0.2, 0) is 17.8 Å². The molecule has 2 heterocycles. The summed E-state index contributed by atoms with van der Waals surface area (Å²) in [5, 5.41) is 15.5. The van der Waals surface area contributed by atoms with Gasteiger partial charge in [0, 0.05) is 13.1 Å². The van der Waals surface area contributed by atoms with Crippen LogP contribution in [0, 0.1) is 13.8 Å². The molecule has 0 bridgehead atoms. The van der Waals surface area contributed by atoms with Gasteiger partial charge in [0.2, 0.25) is 5.88 Å². The fourth-order valence-corrected chi connectivity index (χ4v) is 3.97. The predicted octanol–water partition coefficient (Wildman–Crippen LogP) is 5.66. The van der Waals surface area contributed by atoms with Crippen molar-refractivity contribution in [2.75, 3.05) is 13.2 Å². The number of aliphatic hydroxyl groups excluding tert-OH is 1. The zero-order chi connectivity index (χ0) is 25.5. The zero-order valence-corrected chi connectivity index (χ0v) is 21.4. The number of hydrogen-bond acceptors (Lipinski definition) is 6. The number of benzene rings is 2. The van der Waals surface area contributed by atoms with Gasteiger partial charge in [-0.2, -0.15) is 5.10 Å². The summed E-state index contributed by atoms with van der Waals surface area (Å²) in [6.45, 7) is 9.68. The summed E-state index contributed by atoms with van der Waals surface area (Å²) in [5.41, 5.74) is 3.88. The van der Waals surface area contributed by atoms with Crippen molar-refractivity contribution in [3.63, 3.8) is 0 Å². The Kier molecular flexibility index (Phi) is 8.59. The van der Waals surface area contributed by atoms with Gasteiger partial charge in [-0.25, -0.2) is 4.68 Å². The Morgan fingerprint density at radius 1 is 0.972 bits per heavy atom. The molecule has 4 aromatic rings. The monoisotopic (exact) mass is 489 g/mol. The van der Waals surface area contributed by atoms with Crippen LogP contribution in [0.2, 0.25) is 0 Å². The number of ether oxygens (including phenoxy) is 2. The van der Waals surface area contributed by atoms with Gasteiger partial charge in [-0.1, -0.05) is 35.9 Å². The molecule has 1 atom stereocenters. The van der Waals surface area contributed by atoms with Crippen LogP contribution in [0.4, 0.5) is 0 Å². The second-order valence-corrected chi connectivity index (χ2v) is 9.32. The van der Waals surface area contributed by atoms with E-state index in [9.17, 15) is 5.11 Å². The lowest BCUT2D eigenvalue weighted by molar-refractivity contribution is -0.0114. The van der Waals surface area contributed by atoms with Gasteiger partial charge in [-0.3, -0.25) is 4.90 Å². The second-order valence-electron chi connectivity index (χ2n) is 9.32. The summed E-state index contributed by atoms with van der Waals surface area (Å²) >= 11 is 0. The molecule has 7 nitrogen and oxygen atoms in total. The summed E-state index contributed by atoms with van der Waals surface area (Å²) in [4.78, 5) is 2.13. The fourth-order valence-electron chi connectivity index (χ4n) is 3.97. The summed E-state index contributed by atoms with van der Waals surface area (Å²) in [5.74, 6) is 2.21. The van der Waals surface area contributed by atoms with E-state index in [2.05, 4.69) is 11.8 Å². The highest BCUT2D eigenvalue weighted by atomic mass is 16.5. The van der Waals surface area contributed by atoms with Crippen LogP contribution in [0.1, 0.15) is 36.4 Å². The van der Waals surface area contributed by atoms with Crippen molar-refractivity contribution in [1.82, 2.24) is 14.7 Å². The summed E-state index contributed by atoms with van der Waals surface area (Å²) in [6.07, 6.45) is 1.07. The van der Waals surface area contributed by atoms with E-state index in [0.717, 1.165) is 34.0 Å². The van der Waals surface area contributed by atoms with Crippen LogP contribution in [0.25, 0.3) is 5.69 Å². The van der Waals surface area contributed by atoms with Crippen molar-refractivity contribution >= 4 is 0 Å². The molecule has 36 heavy (non-hydrogen) atoms. The van der Waals surface area contributed by atoms with E-state index in [-0.39, 0.29) is 12.7 Å². The Hall–Kier alpha value is -3.39. The van der Waals surface area contributed by atoms with E-state index in [0.29, 0.717) is 25.5 Å². The third kappa shape index (κ3) is 6.85. The van der Waals surface area contributed by atoms with E-state index >= 15 is 0 Å². The number of hydrogen-bond donors (Lipinski definition) is 1. The minimum atomic E-state index is -0.645. The SMILES string of the molecule is Cc1ccc(Oc2c(CN(Cc3ccco3)C[C@H](O)COC(C)C)c(C)nn2-c2ccccc2)cc1. The van der Waals surface area contributed by atoms with Crippen LogP contribution in [0.3, 0.4) is 0 Å². The Morgan fingerprint density at radius 3 is 2.39 bits per heavy atom. The van der Waals surface area contributed by atoms with Crippen LogP contribution in [0.5, 0.6) is 11.6 Å². The molecule has 0 spiro atoms. The molecule has 190 valence electrons. The van der Waals surface area contributed by atoms with E-state index in [1.54, 1.807) is 6.26 Å². The Labute approximate surface area is 212 Å². The smallest absolute Gasteiger partial charge is 0.227 e. The highest BCUT2D eigenvalue weighted by molar-refractivity contribution is 5.43. The van der Waals surface area contributed by atoms with Crippen LogP contribution < -0.4 is 4.74 Å². The van der Waals surface area contributed by atoms with E-state index in [1.807, 2.05) is 92.2 Å². The summed E-state index contributed by atoms with van der Waals surface area (Å²) in [6, 6.07) is 21.7. The number of nitrogens with zero attached hydrogens (tertiary/aromatic N) is 3. The Bertz CT molecular complexity index is 1200. The number of furan rings is 1. The quantitative estimate of drug-likeness (QED) is 0.277. The van der Waals surface area contributed by atoms with Crippen molar-refractivity contribution in [3.05, 3.63) is 95.6 Å². The number of para-hydroxylation sites is 1. The standard InChI is InChI=1S/C29H35N3O4/c1-21(2)35-20-25(33)17-31(18-27-11-8-16-34-27)19-28-23(4)30-32(24-9-6-5-7-10-24)29(28)36-26-14-12-22(3)13-15-26/h5-16,21,25,33H,17-20H2,1-4H3/t25-/m0/s1. The summed E-state index contributed by atoms with van der Waals surface area (Å²) < 4.78 is 19.6. The van der Waals surface area contributed by atoms with Gasteiger partial charge in [0.25, 0.3) is 0 Å². The molecular weight excluding hydrogens is 454 g/mol. The molecule has 0 aliphatic heterocycles. The molecule has 0 saturated heterocycles. The minimum Gasteiger partial charge on any atom is -0.468 e. The van der Waals surface area contributed by atoms with Crippen molar-refractivity contribution in [1.29, 1.82) is 0 Å². The maximum Gasteiger partial charge on any atom is 0.227 e. The maximum atomic E-state index is 10.7. The molecule has 1 N–H and O–H groups in total. The normalized spacial score (nSPS) is 12.4. The third-order valence-corrected chi connectivity index (χ3v) is 5.81. The lowest BCUT2D eigenvalue weighted by Crippen LogP contribution is -2.35. The highest BCUT2D eigenvalue weighted by Gasteiger charge is 2.23. The number of rotatable bonds is 12. The van der Waals surface area contributed by atoms with Gasteiger partial charge in [0.15, 0.2) is 0 Å². The van der Waals surface area contributed by atoms with Gasteiger partial charge in [-0.15, -0.1) is 0 Å². The van der Waals surface area contributed by atoms with Crippen LogP contribution >= 0.6 is 0 Å². The molecule has 0 unspecified atom stereocenters. The van der Waals surface area contributed by atoms with Crippen molar-refractivity contribution < 1.29 is 19.0 Å². The molecule has 2 aromatic carbocycles. The molecular formula is C29H35N3O4. The molecule has 0 amide bonds. The highest BCUT2D eigenvalue weighted by Crippen LogP contribution is 2.32. The Morgan fingerprint density at radius 2 is 1.72 bits per heavy atom. The van der Waals surface area contributed by atoms with Gasteiger partial charge >= 0.3 is 0 Å². The fraction of sp³-hybridized carbons (Fsp3) is 0.345. The molecule has 0 aliphatic carbocycles. The van der Waals surface area contributed by atoms with Gasteiger partial charge < -0.3 is 19.0 Å². The maximum absolute atomic E-state index is 10.7. The minimum absolute atomic E-state index is 0.0547. The first-order chi connectivity index (χ1) is 17.4. The van der Waals surface area contributed by atoms with Crippen LogP contribution in [-0.4, -0.2) is 45.1 Å². The van der Waals surface area contributed by atoms with Crippen molar-refractivity contribution in [2.45, 2.75) is 53.0 Å². The molecule has 7 heteroatoms. The third-order valence-electron chi connectivity index (χ3n) is 5.81. The molecule has 0 radical (unpaired) electrons. The molecule has 0 aliphatic rings. The lowest BCUT2D eigenvalue weighted by atomic mass is 10.2. The number of aryl methyl sites for hydroxylation is 2. The topological polar surface area (TPSA) is 72.9 Å². The van der Waals surface area contributed by atoms with Crippen molar-refractivity contribution in [3.8, 4) is 17.3 Å². The predicted molar refractivity (Wildman–Crippen MR) is 139 cm³/mol. The van der Waals surface area contributed by atoms with E-state index in [1.165, 1.54) is 0 Å². The van der Waals surface area contributed by atoms with Gasteiger partial charge in [0.1, 0.15) is 11.5 Å². The molecule has 4 rings (SSSR count). The largest absolute Gasteiger partial charge is 0.468 e. The Balaban J connectivity index is 1.67. The average molecular weight is 490 g/mol. The molecule has 0 fully saturated rings. The first-order valence-corrected chi connectivity index (χ1v) is 12.3. The number of aromatic nitrogens is 2. The first-order valence-electron chi connectivity index (χ1n) is 12.3. The van der Waals surface area contributed by atoms with Crippen molar-refractivity contribution in [2.24, 2.45) is 0 Å². The average Bonchev–Trinajstić information content (AvgIpc) is 3.48. The summed E-state index contributed by atoms with van der Waals surface area (Å²) in [7, 11) is 0. The van der Waals surface area contributed by atoms with Gasteiger partial charge in [0.05, 0.1) is 48.6 Å².